The van der Waals surface area contributed by atoms with Gasteiger partial charge in [0, 0.05) is 17.1 Å². The zero-order chi connectivity index (χ0) is 14.4. The van der Waals surface area contributed by atoms with Gasteiger partial charge in [-0.25, -0.2) is 0 Å². The van der Waals surface area contributed by atoms with Crippen molar-refractivity contribution in [1.29, 1.82) is 0 Å². The van der Waals surface area contributed by atoms with Crippen molar-refractivity contribution >= 4 is 15.9 Å². The second-order valence-corrected chi connectivity index (χ2v) is 5.65. The summed E-state index contributed by atoms with van der Waals surface area (Å²) in [6.45, 7) is 5.71. The summed E-state index contributed by atoms with van der Waals surface area (Å²) >= 11 is 3.46. The van der Waals surface area contributed by atoms with Gasteiger partial charge < -0.3 is 10.1 Å². The van der Waals surface area contributed by atoms with Gasteiger partial charge in [-0.3, -0.25) is 0 Å². The minimum absolute atomic E-state index is 0.318. The molecule has 0 bridgehead atoms. The van der Waals surface area contributed by atoms with Gasteiger partial charge in [0.25, 0.3) is 0 Å². The Morgan fingerprint density at radius 2 is 1.90 bits per heavy atom. The average molecular weight is 334 g/mol. The molecule has 0 saturated carbocycles. The normalized spacial score (nSPS) is 12.2. The fourth-order valence-corrected chi connectivity index (χ4v) is 2.32. The van der Waals surface area contributed by atoms with Crippen molar-refractivity contribution in [3.63, 3.8) is 0 Å². The van der Waals surface area contributed by atoms with Gasteiger partial charge in [0.2, 0.25) is 0 Å². The van der Waals surface area contributed by atoms with Crippen LogP contribution in [-0.2, 0) is 6.54 Å². The molecule has 106 valence electrons. The molecule has 0 aliphatic rings. The first kappa shape index (κ1) is 15.1. The zero-order valence-electron chi connectivity index (χ0n) is 11.9. The van der Waals surface area contributed by atoms with E-state index < -0.39 is 0 Å². The molecule has 0 aliphatic carbocycles. The minimum Gasteiger partial charge on any atom is -0.494 e. The van der Waals surface area contributed by atoms with E-state index in [-0.39, 0.29) is 0 Å². The van der Waals surface area contributed by atoms with Crippen molar-refractivity contribution in [2.45, 2.75) is 26.4 Å². The topological polar surface area (TPSA) is 21.3 Å². The van der Waals surface area contributed by atoms with Gasteiger partial charge in [0.1, 0.15) is 5.75 Å². The van der Waals surface area contributed by atoms with E-state index in [1.54, 1.807) is 0 Å². The van der Waals surface area contributed by atoms with Crippen LogP contribution in [0.3, 0.4) is 0 Å². The summed E-state index contributed by atoms with van der Waals surface area (Å²) in [7, 11) is 0. The third-order valence-electron chi connectivity index (χ3n) is 3.19. The highest BCUT2D eigenvalue weighted by molar-refractivity contribution is 9.10. The van der Waals surface area contributed by atoms with E-state index in [9.17, 15) is 0 Å². The lowest BCUT2D eigenvalue weighted by molar-refractivity contribution is 0.339. The van der Waals surface area contributed by atoms with Crippen molar-refractivity contribution < 1.29 is 4.74 Å². The lowest BCUT2D eigenvalue weighted by atomic mass is 10.1. The van der Waals surface area contributed by atoms with Crippen LogP contribution in [-0.4, -0.2) is 6.61 Å². The highest BCUT2D eigenvalue weighted by Gasteiger charge is 2.05. The Bertz CT molecular complexity index is 539. The summed E-state index contributed by atoms with van der Waals surface area (Å²) in [5, 5.41) is 3.53. The lowest BCUT2D eigenvalue weighted by Crippen LogP contribution is -2.18. The molecule has 0 amide bonds. The highest BCUT2D eigenvalue weighted by Crippen LogP contribution is 2.18. The standard InChI is InChI=1S/C17H20BrNO/c1-3-20-17-6-4-5-14(11-17)12-19-13(2)15-7-9-16(18)10-8-15/h4-11,13,19H,3,12H2,1-2H3/t13-/m0/s1. The van der Waals surface area contributed by atoms with Gasteiger partial charge in [0.05, 0.1) is 6.61 Å². The maximum absolute atomic E-state index is 5.52. The monoisotopic (exact) mass is 333 g/mol. The number of hydrogen-bond acceptors (Lipinski definition) is 2. The Morgan fingerprint density at radius 1 is 1.15 bits per heavy atom. The molecule has 0 fully saturated rings. The van der Waals surface area contributed by atoms with Gasteiger partial charge in [-0.15, -0.1) is 0 Å². The van der Waals surface area contributed by atoms with Crippen LogP contribution in [0.1, 0.15) is 31.0 Å². The van der Waals surface area contributed by atoms with Gasteiger partial charge in [0.15, 0.2) is 0 Å². The van der Waals surface area contributed by atoms with Crippen LogP contribution >= 0.6 is 15.9 Å². The molecule has 0 spiro atoms. The molecule has 2 aromatic carbocycles. The van der Waals surface area contributed by atoms with Crippen molar-refractivity contribution in [1.82, 2.24) is 5.32 Å². The van der Waals surface area contributed by atoms with E-state index in [0.29, 0.717) is 12.6 Å². The van der Waals surface area contributed by atoms with E-state index >= 15 is 0 Å². The van der Waals surface area contributed by atoms with Crippen molar-refractivity contribution in [2.24, 2.45) is 0 Å². The SMILES string of the molecule is CCOc1cccc(CN[C@@H](C)c2ccc(Br)cc2)c1. The predicted molar refractivity (Wildman–Crippen MR) is 87.0 cm³/mol. The Balaban J connectivity index is 1.94. The third-order valence-corrected chi connectivity index (χ3v) is 3.72. The van der Waals surface area contributed by atoms with E-state index in [4.69, 9.17) is 4.74 Å². The van der Waals surface area contributed by atoms with E-state index in [1.165, 1.54) is 11.1 Å². The predicted octanol–water partition coefficient (Wildman–Crippen LogP) is 4.70. The van der Waals surface area contributed by atoms with Gasteiger partial charge >= 0.3 is 0 Å². The van der Waals surface area contributed by atoms with Crippen LogP contribution in [0, 0.1) is 0 Å². The molecule has 2 rings (SSSR count). The summed E-state index contributed by atoms with van der Waals surface area (Å²) in [5.74, 6) is 0.933. The van der Waals surface area contributed by atoms with Crippen LogP contribution in [0.5, 0.6) is 5.75 Å². The summed E-state index contributed by atoms with van der Waals surface area (Å²) < 4.78 is 6.63. The molecule has 0 unspecified atom stereocenters. The third kappa shape index (κ3) is 4.36. The number of hydrogen-bond donors (Lipinski definition) is 1. The number of nitrogens with one attached hydrogen (secondary N) is 1. The summed E-state index contributed by atoms with van der Waals surface area (Å²) in [6, 6.07) is 17.0. The Kier molecular flexibility index (Phi) is 5.62. The van der Waals surface area contributed by atoms with Crippen molar-refractivity contribution in [3.8, 4) is 5.75 Å². The van der Waals surface area contributed by atoms with E-state index in [1.807, 2.05) is 19.1 Å². The summed E-state index contributed by atoms with van der Waals surface area (Å²) in [5.41, 5.74) is 2.52. The maximum atomic E-state index is 5.52. The number of halogens is 1. The number of benzene rings is 2. The van der Waals surface area contributed by atoms with Crippen LogP contribution in [0.25, 0.3) is 0 Å². The fourth-order valence-electron chi connectivity index (χ4n) is 2.05. The smallest absolute Gasteiger partial charge is 0.119 e. The van der Waals surface area contributed by atoms with Gasteiger partial charge in [-0.05, 0) is 49.2 Å². The quantitative estimate of drug-likeness (QED) is 0.827. The summed E-state index contributed by atoms with van der Waals surface area (Å²) in [6.07, 6.45) is 0. The van der Waals surface area contributed by atoms with Crippen LogP contribution in [0.2, 0.25) is 0 Å². The molecule has 0 heterocycles. The van der Waals surface area contributed by atoms with Crippen LogP contribution in [0.15, 0.2) is 53.0 Å². The van der Waals surface area contributed by atoms with Crippen LogP contribution in [0.4, 0.5) is 0 Å². The zero-order valence-corrected chi connectivity index (χ0v) is 13.5. The molecule has 1 N–H and O–H groups in total. The van der Waals surface area contributed by atoms with Crippen molar-refractivity contribution in [3.05, 3.63) is 64.1 Å². The molecular formula is C17H20BrNO. The first-order valence-corrected chi connectivity index (χ1v) is 7.69. The van der Waals surface area contributed by atoms with Crippen LogP contribution < -0.4 is 10.1 Å². The molecule has 0 aromatic heterocycles. The highest BCUT2D eigenvalue weighted by atomic mass is 79.9. The second kappa shape index (κ2) is 7.46. The Labute approximate surface area is 129 Å². The fraction of sp³-hybridized carbons (Fsp3) is 0.294. The molecule has 20 heavy (non-hydrogen) atoms. The summed E-state index contributed by atoms with van der Waals surface area (Å²) in [4.78, 5) is 0. The molecule has 3 heteroatoms. The lowest BCUT2D eigenvalue weighted by Gasteiger charge is -2.15. The molecule has 0 radical (unpaired) electrons. The molecular weight excluding hydrogens is 314 g/mol. The Hall–Kier alpha value is -1.32. The maximum Gasteiger partial charge on any atom is 0.119 e. The van der Waals surface area contributed by atoms with Crippen molar-refractivity contribution in [2.75, 3.05) is 6.61 Å². The Morgan fingerprint density at radius 3 is 2.60 bits per heavy atom. The van der Waals surface area contributed by atoms with E-state index in [0.717, 1.165) is 16.8 Å². The first-order chi connectivity index (χ1) is 9.69. The molecule has 2 aromatic rings. The second-order valence-electron chi connectivity index (χ2n) is 4.73. The molecule has 2 nitrogen and oxygen atoms in total. The first-order valence-electron chi connectivity index (χ1n) is 6.89. The molecule has 0 aliphatic heterocycles. The van der Waals surface area contributed by atoms with Gasteiger partial charge in [-0.2, -0.15) is 0 Å². The average Bonchev–Trinajstić information content (AvgIpc) is 2.46. The van der Waals surface area contributed by atoms with Gasteiger partial charge in [-0.1, -0.05) is 40.2 Å². The number of rotatable bonds is 6. The van der Waals surface area contributed by atoms with E-state index in [2.05, 4.69) is 64.6 Å². The largest absolute Gasteiger partial charge is 0.494 e. The minimum atomic E-state index is 0.318. The molecule has 1 atom stereocenters. The number of ether oxygens (including phenoxy) is 1. The molecule has 0 saturated heterocycles.